The molecule has 3 N–H and O–H groups in total. The zero-order valence-electron chi connectivity index (χ0n) is 14.8. The molecule has 9 heteroatoms. The lowest BCUT2D eigenvalue weighted by Gasteiger charge is -2.08. The molecule has 140 valence electrons. The van der Waals surface area contributed by atoms with Crippen molar-refractivity contribution in [2.45, 2.75) is 0 Å². The van der Waals surface area contributed by atoms with E-state index in [1.165, 1.54) is 13.3 Å². The number of aromatic amines is 1. The van der Waals surface area contributed by atoms with E-state index >= 15 is 0 Å². The monoisotopic (exact) mass is 376 g/mol. The average molecular weight is 376 g/mol. The van der Waals surface area contributed by atoms with E-state index in [9.17, 15) is 9.59 Å². The standard InChI is InChI=1S/C19H16N6O3/c1-28-19(27)22-13-9-7-12(8-10-13)21-18-23-16-15(17(26)24-18)11-20-25(16)14-5-3-2-4-6-14/h2-11H,1H3,(H,22,27)(H2,21,23,24,26). The second-order valence-electron chi connectivity index (χ2n) is 5.86. The van der Waals surface area contributed by atoms with E-state index < -0.39 is 6.09 Å². The minimum atomic E-state index is -0.550. The highest BCUT2D eigenvalue weighted by atomic mass is 16.5. The topological polar surface area (TPSA) is 114 Å². The number of amides is 1. The van der Waals surface area contributed by atoms with Crippen molar-refractivity contribution in [3.05, 3.63) is 71.1 Å². The van der Waals surface area contributed by atoms with E-state index in [1.54, 1.807) is 28.9 Å². The van der Waals surface area contributed by atoms with Gasteiger partial charge in [-0.2, -0.15) is 10.1 Å². The van der Waals surface area contributed by atoms with Crippen molar-refractivity contribution in [1.29, 1.82) is 0 Å². The van der Waals surface area contributed by atoms with Gasteiger partial charge in [0.1, 0.15) is 5.39 Å². The molecule has 0 fully saturated rings. The van der Waals surface area contributed by atoms with Gasteiger partial charge in [0, 0.05) is 11.4 Å². The number of methoxy groups -OCH3 is 1. The number of nitrogens with one attached hydrogen (secondary N) is 3. The van der Waals surface area contributed by atoms with E-state index in [0.29, 0.717) is 22.4 Å². The van der Waals surface area contributed by atoms with Crippen LogP contribution in [-0.4, -0.2) is 33.0 Å². The Hall–Kier alpha value is -4.14. The highest BCUT2D eigenvalue weighted by molar-refractivity contribution is 5.84. The summed E-state index contributed by atoms with van der Waals surface area (Å²) < 4.78 is 6.16. The maximum atomic E-state index is 12.4. The number of aromatic nitrogens is 4. The van der Waals surface area contributed by atoms with Crippen molar-refractivity contribution in [2.75, 3.05) is 17.7 Å². The fourth-order valence-electron chi connectivity index (χ4n) is 2.68. The summed E-state index contributed by atoms with van der Waals surface area (Å²) in [7, 11) is 1.30. The molecule has 2 heterocycles. The van der Waals surface area contributed by atoms with Crippen LogP contribution >= 0.6 is 0 Å². The summed E-state index contributed by atoms with van der Waals surface area (Å²) in [6.07, 6.45) is 0.942. The fourth-order valence-corrected chi connectivity index (χ4v) is 2.68. The number of ether oxygens (including phenoxy) is 1. The minimum Gasteiger partial charge on any atom is -0.453 e. The molecular formula is C19H16N6O3. The summed E-state index contributed by atoms with van der Waals surface area (Å²) in [5.41, 5.74) is 2.22. The number of H-pyrrole nitrogens is 1. The zero-order chi connectivity index (χ0) is 19.5. The van der Waals surface area contributed by atoms with Crippen molar-refractivity contribution in [3.63, 3.8) is 0 Å². The van der Waals surface area contributed by atoms with Crippen molar-refractivity contribution in [2.24, 2.45) is 0 Å². The van der Waals surface area contributed by atoms with Crippen LogP contribution in [0.2, 0.25) is 0 Å². The number of fused-ring (bicyclic) bond motifs is 1. The lowest BCUT2D eigenvalue weighted by atomic mass is 10.3. The smallest absolute Gasteiger partial charge is 0.411 e. The van der Waals surface area contributed by atoms with Crippen molar-refractivity contribution >= 4 is 34.4 Å². The minimum absolute atomic E-state index is 0.281. The largest absolute Gasteiger partial charge is 0.453 e. The van der Waals surface area contributed by atoms with Crippen LogP contribution in [0, 0.1) is 0 Å². The summed E-state index contributed by atoms with van der Waals surface area (Å²) in [4.78, 5) is 30.8. The third-order valence-corrected chi connectivity index (χ3v) is 4.02. The molecule has 0 saturated carbocycles. The first-order valence-electron chi connectivity index (χ1n) is 8.39. The van der Waals surface area contributed by atoms with Crippen molar-refractivity contribution in [3.8, 4) is 5.69 Å². The lowest BCUT2D eigenvalue weighted by molar-refractivity contribution is 0.187. The van der Waals surface area contributed by atoms with Crippen LogP contribution in [-0.2, 0) is 4.74 Å². The maximum absolute atomic E-state index is 12.4. The Labute approximate surface area is 159 Å². The normalized spacial score (nSPS) is 10.6. The molecule has 0 spiro atoms. The summed E-state index contributed by atoms with van der Waals surface area (Å²) >= 11 is 0. The molecule has 4 rings (SSSR count). The molecule has 9 nitrogen and oxygen atoms in total. The Kier molecular flexibility index (Phi) is 4.47. The van der Waals surface area contributed by atoms with Gasteiger partial charge in [-0.1, -0.05) is 18.2 Å². The Bertz CT molecular complexity index is 1180. The SMILES string of the molecule is COC(=O)Nc1ccc(Nc2nc3c(cnn3-c3ccccc3)c(=O)[nH]2)cc1. The molecule has 4 aromatic rings. The van der Waals surface area contributed by atoms with Crippen molar-refractivity contribution < 1.29 is 9.53 Å². The number of carbonyl (C=O) groups is 1. The molecule has 0 aliphatic heterocycles. The molecule has 0 aliphatic rings. The lowest BCUT2D eigenvalue weighted by Crippen LogP contribution is -2.12. The fraction of sp³-hybridized carbons (Fsp3) is 0.0526. The third kappa shape index (κ3) is 3.40. The van der Waals surface area contributed by atoms with Gasteiger partial charge in [0.2, 0.25) is 5.95 Å². The number of para-hydroxylation sites is 1. The molecule has 0 bridgehead atoms. The number of anilines is 3. The number of hydrogen-bond donors (Lipinski definition) is 3. The second-order valence-corrected chi connectivity index (χ2v) is 5.86. The van der Waals surface area contributed by atoms with Crippen LogP contribution in [0.3, 0.4) is 0 Å². The summed E-state index contributed by atoms with van der Waals surface area (Å²) in [5, 5.41) is 10.3. The number of rotatable bonds is 4. The predicted molar refractivity (Wildman–Crippen MR) is 105 cm³/mol. The predicted octanol–water partition coefficient (Wildman–Crippen LogP) is 3.03. The van der Waals surface area contributed by atoms with Gasteiger partial charge in [0.25, 0.3) is 5.56 Å². The molecule has 2 aromatic carbocycles. The van der Waals surface area contributed by atoms with Gasteiger partial charge in [0.15, 0.2) is 5.65 Å². The molecule has 28 heavy (non-hydrogen) atoms. The first kappa shape index (κ1) is 17.3. The third-order valence-electron chi connectivity index (χ3n) is 4.02. The number of benzene rings is 2. The van der Waals surface area contributed by atoms with Gasteiger partial charge < -0.3 is 10.1 Å². The van der Waals surface area contributed by atoms with E-state index in [4.69, 9.17) is 0 Å². The van der Waals surface area contributed by atoms with Crippen LogP contribution in [0.1, 0.15) is 0 Å². The molecular weight excluding hydrogens is 360 g/mol. The molecule has 0 saturated heterocycles. The molecule has 0 aliphatic carbocycles. The quantitative estimate of drug-likeness (QED) is 0.504. The number of hydrogen-bond acceptors (Lipinski definition) is 6. The highest BCUT2D eigenvalue weighted by Crippen LogP contribution is 2.19. The van der Waals surface area contributed by atoms with Gasteiger partial charge in [0.05, 0.1) is 19.0 Å². The first-order chi connectivity index (χ1) is 13.6. The summed E-state index contributed by atoms with van der Waals surface area (Å²) in [5.74, 6) is 0.281. The molecule has 1 amide bonds. The second kappa shape index (κ2) is 7.23. The maximum Gasteiger partial charge on any atom is 0.411 e. The van der Waals surface area contributed by atoms with Crippen LogP contribution < -0.4 is 16.2 Å². The molecule has 0 radical (unpaired) electrons. The Morgan fingerprint density at radius 1 is 1.07 bits per heavy atom. The zero-order valence-corrected chi connectivity index (χ0v) is 14.8. The summed E-state index contributed by atoms with van der Waals surface area (Å²) in [6, 6.07) is 16.3. The van der Waals surface area contributed by atoms with E-state index in [-0.39, 0.29) is 11.5 Å². The average Bonchev–Trinajstić information content (AvgIpc) is 3.14. The Morgan fingerprint density at radius 2 is 1.79 bits per heavy atom. The van der Waals surface area contributed by atoms with E-state index in [2.05, 4.69) is 30.4 Å². The Morgan fingerprint density at radius 3 is 2.50 bits per heavy atom. The van der Waals surface area contributed by atoms with Gasteiger partial charge in [-0.05, 0) is 36.4 Å². The number of carbonyl (C=O) groups excluding carboxylic acids is 1. The molecule has 0 unspecified atom stereocenters. The van der Waals surface area contributed by atoms with Gasteiger partial charge in [-0.15, -0.1) is 0 Å². The summed E-state index contributed by atoms with van der Waals surface area (Å²) in [6.45, 7) is 0. The molecule has 2 aromatic heterocycles. The highest BCUT2D eigenvalue weighted by Gasteiger charge is 2.11. The van der Waals surface area contributed by atoms with Crippen molar-refractivity contribution in [1.82, 2.24) is 19.7 Å². The molecule has 0 atom stereocenters. The first-order valence-corrected chi connectivity index (χ1v) is 8.39. The van der Waals surface area contributed by atoms with Crippen LogP contribution in [0.15, 0.2) is 65.6 Å². The van der Waals surface area contributed by atoms with Gasteiger partial charge in [-0.3, -0.25) is 15.1 Å². The van der Waals surface area contributed by atoms with Crippen LogP contribution in [0.25, 0.3) is 16.7 Å². The van der Waals surface area contributed by atoms with E-state index in [1.807, 2.05) is 30.3 Å². The van der Waals surface area contributed by atoms with Crippen LogP contribution in [0.4, 0.5) is 22.1 Å². The Balaban J connectivity index is 1.64. The van der Waals surface area contributed by atoms with E-state index in [0.717, 1.165) is 5.69 Å². The van der Waals surface area contributed by atoms with Gasteiger partial charge >= 0.3 is 6.09 Å². The van der Waals surface area contributed by atoms with Crippen LogP contribution in [0.5, 0.6) is 0 Å². The van der Waals surface area contributed by atoms with Gasteiger partial charge in [-0.25, -0.2) is 9.48 Å². The number of nitrogens with zero attached hydrogens (tertiary/aromatic N) is 3.